The highest BCUT2D eigenvalue weighted by molar-refractivity contribution is 7.13. The van der Waals surface area contributed by atoms with Crippen LogP contribution >= 0.6 is 11.3 Å². The maximum absolute atomic E-state index is 13.1. The van der Waals surface area contributed by atoms with Gasteiger partial charge in [0.2, 0.25) is 0 Å². The molecule has 8 heteroatoms. The second-order valence-electron chi connectivity index (χ2n) is 8.01. The molecule has 7 nitrogen and oxygen atoms in total. The highest BCUT2D eigenvalue weighted by Crippen LogP contribution is 2.24. The molecule has 1 aromatic heterocycles. The smallest absolute Gasteiger partial charge is 0.321 e. The van der Waals surface area contributed by atoms with Crippen molar-refractivity contribution in [2.24, 2.45) is 0 Å². The number of thiazole rings is 1. The van der Waals surface area contributed by atoms with E-state index in [4.69, 9.17) is 4.98 Å². The number of aromatic nitrogens is 1. The molecule has 1 N–H and O–H groups in total. The van der Waals surface area contributed by atoms with E-state index in [1.54, 1.807) is 16.2 Å². The zero-order valence-electron chi connectivity index (χ0n) is 17.7. The zero-order valence-corrected chi connectivity index (χ0v) is 18.6. The maximum atomic E-state index is 13.1. The fourth-order valence-corrected chi connectivity index (χ4v) is 4.96. The Kier molecular flexibility index (Phi) is 5.87. The second-order valence-corrected chi connectivity index (χ2v) is 8.87. The van der Waals surface area contributed by atoms with Crippen LogP contribution in [0.2, 0.25) is 0 Å². The van der Waals surface area contributed by atoms with E-state index in [0.717, 1.165) is 41.6 Å². The predicted octanol–water partition coefficient (Wildman–Crippen LogP) is 3.30. The van der Waals surface area contributed by atoms with Gasteiger partial charge < -0.3 is 10.2 Å². The van der Waals surface area contributed by atoms with Gasteiger partial charge in [-0.2, -0.15) is 0 Å². The Morgan fingerprint density at radius 2 is 1.81 bits per heavy atom. The molecule has 32 heavy (non-hydrogen) atoms. The van der Waals surface area contributed by atoms with E-state index < -0.39 is 0 Å². The van der Waals surface area contributed by atoms with Crippen molar-refractivity contribution in [2.75, 3.05) is 44.2 Å². The molecule has 0 saturated carbocycles. The van der Waals surface area contributed by atoms with E-state index in [9.17, 15) is 9.59 Å². The number of carbonyl (C=O) groups excluding carboxylic acids is 2. The van der Waals surface area contributed by atoms with Crippen molar-refractivity contribution >= 4 is 29.0 Å². The Hall–Kier alpha value is -3.23. The summed E-state index contributed by atoms with van der Waals surface area (Å²) in [5.41, 5.74) is 3.61. The molecule has 0 atom stereocenters. The lowest BCUT2D eigenvalue weighted by Gasteiger charge is -2.34. The maximum Gasteiger partial charge on any atom is 0.321 e. The number of nitrogens with zero attached hydrogens (tertiary/aromatic N) is 4. The van der Waals surface area contributed by atoms with Crippen LogP contribution in [-0.2, 0) is 6.54 Å². The summed E-state index contributed by atoms with van der Waals surface area (Å²) in [6.07, 6.45) is 0. The van der Waals surface area contributed by atoms with Gasteiger partial charge in [0.25, 0.3) is 5.91 Å². The van der Waals surface area contributed by atoms with Crippen molar-refractivity contribution in [2.45, 2.75) is 6.54 Å². The van der Waals surface area contributed by atoms with E-state index in [1.165, 1.54) is 0 Å². The third kappa shape index (κ3) is 4.37. The average Bonchev–Trinajstić information content (AvgIpc) is 3.49. The molecule has 2 aromatic carbocycles. The number of rotatable bonds is 5. The molecule has 2 saturated heterocycles. The quantitative estimate of drug-likeness (QED) is 0.652. The summed E-state index contributed by atoms with van der Waals surface area (Å²) in [5.74, 6) is 0.0196. The van der Waals surface area contributed by atoms with Crippen LogP contribution in [0, 0.1) is 0 Å². The molecule has 0 spiro atoms. The topological polar surface area (TPSA) is 68.8 Å². The van der Waals surface area contributed by atoms with Crippen LogP contribution in [0.15, 0.2) is 60.0 Å². The molecule has 2 fully saturated rings. The van der Waals surface area contributed by atoms with Crippen LogP contribution in [0.3, 0.4) is 0 Å². The van der Waals surface area contributed by atoms with E-state index >= 15 is 0 Å². The molecule has 164 valence electrons. The number of piperazine rings is 1. The zero-order chi connectivity index (χ0) is 21.9. The molecule has 3 heterocycles. The van der Waals surface area contributed by atoms with Gasteiger partial charge in [0.15, 0.2) is 0 Å². The minimum absolute atomic E-state index is 0.0196. The van der Waals surface area contributed by atoms with Crippen LogP contribution < -0.4 is 10.2 Å². The predicted molar refractivity (Wildman–Crippen MR) is 126 cm³/mol. The van der Waals surface area contributed by atoms with E-state index in [1.807, 2.05) is 47.4 Å². The van der Waals surface area contributed by atoms with Crippen LogP contribution in [0.1, 0.15) is 16.1 Å². The Morgan fingerprint density at radius 1 is 1.00 bits per heavy atom. The summed E-state index contributed by atoms with van der Waals surface area (Å²) in [4.78, 5) is 35.7. The Labute approximate surface area is 191 Å². The molecular formula is C24H25N5O2S. The third-order valence-electron chi connectivity index (χ3n) is 5.88. The van der Waals surface area contributed by atoms with Gasteiger partial charge in [0.1, 0.15) is 5.01 Å². The van der Waals surface area contributed by atoms with Gasteiger partial charge >= 0.3 is 6.03 Å². The van der Waals surface area contributed by atoms with Crippen LogP contribution in [0.5, 0.6) is 0 Å². The monoisotopic (exact) mass is 447 g/mol. The Morgan fingerprint density at radius 3 is 2.56 bits per heavy atom. The number of hydrogen-bond donors (Lipinski definition) is 1. The van der Waals surface area contributed by atoms with Crippen molar-refractivity contribution < 1.29 is 9.59 Å². The van der Waals surface area contributed by atoms with E-state index in [-0.39, 0.29) is 11.9 Å². The first-order valence-electron chi connectivity index (χ1n) is 10.8. The molecule has 0 radical (unpaired) electrons. The lowest BCUT2D eigenvalue weighted by molar-refractivity contribution is 0.0627. The van der Waals surface area contributed by atoms with Crippen LogP contribution in [0.4, 0.5) is 10.5 Å². The normalized spacial score (nSPS) is 16.9. The molecule has 3 aromatic rings. The first-order chi connectivity index (χ1) is 15.7. The summed E-state index contributed by atoms with van der Waals surface area (Å²) in [6.45, 7) is 5.05. The second kappa shape index (κ2) is 9.10. The SMILES string of the molecule is O=C(c1cccc(N2CCNC2=O)c1)N1CCN(Cc2csc(-c3ccccc3)n2)CC1. The number of nitrogens with one attached hydrogen (secondary N) is 1. The molecule has 5 rings (SSSR count). The van der Waals surface area contributed by atoms with Crippen molar-refractivity contribution in [1.82, 2.24) is 20.1 Å². The summed E-state index contributed by atoms with van der Waals surface area (Å²) >= 11 is 1.67. The summed E-state index contributed by atoms with van der Waals surface area (Å²) in [5, 5.41) is 5.96. The third-order valence-corrected chi connectivity index (χ3v) is 6.82. The van der Waals surface area contributed by atoms with Gasteiger partial charge in [-0.25, -0.2) is 9.78 Å². The molecule has 0 aliphatic carbocycles. The first kappa shape index (κ1) is 20.7. The fourth-order valence-electron chi connectivity index (χ4n) is 4.14. The van der Waals surface area contributed by atoms with Crippen LogP contribution in [-0.4, -0.2) is 66.0 Å². The van der Waals surface area contributed by atoms with Gasteiger partial charge in [0, 0.05) is 68.0 Å². The van der Waals surface area contributed by atoms with Crippen LogP contribution in [0.25, 0.3) is 10.6 Å². The number of amides is 3. The molecule has 0 unspecified atom stereocenters. The van der Waals surface area contributed by atoms with Crippen molar-refractivity contribution in [3.05, 3.63) is 71.2 Å². The Balaban J connectivity index is 1.18. The standard InChI is InChI=1S/C24H25N5O2S/c30-23(19-7-4-8-21(15-19)29-10-9-25-24(29)31)28-13-11-27(12-14-28)16-20-17-32-22(26-20)18-5-2-1-3-6-18/h1-8,15,17H,9-14,16H2,(H,25,31). The lowest BCUT2D eigenvalue weighted by atomic mass is 10.1. The van der Waals surface area contributed by atoms with Crippen molar-refractivity contribution in [1.29, 1.82) is 0 Å². The van der Waals surface area contributed by atoms with Gasteiger partial charge in [0.05, 0.1) is 5.69 Å². The summed E-state index contributed by atoms with van der Waals surface area (Å²) in [7, 11) is 0. The summed E-state index contributed by atoms with van der Waals surface area (Å²) in [6, 6.07) is 17.5. The van der Waals surface area contributed by atoms with Gasteiger partial charge in [-0.3, -0.25) is 14.6 Å². The van der Waals surface area contributed by atoms with Gasteiger partial charge in [-0.1, -0.05) is 36.4 Å². The number of hydrogen-bond acceptors (Lipinski definition) is 5. The van der Waals surface area contributed by atoms with Gasteiger partial charge in [-0.15, -0.1) is 11.3 Å². The highest BCUT2D eigenvalue weighted by Gasteiger charge is 2.25. The number of urea groups is 1. The lowest BCUT2D eigenvalue weighted by Crippen LogP contribution is -2.48. The minimum atomic E-state index is -0.110. The Bertz CT molecular complexity index is 1110. The van der Waals surface area contributed by atoms with Gasteiger partial charge in [-0.05, 0) is 18.2 Å². The molecule has 3 amide bonds. The fraction of sp³-hybridized carbons (Fsp3) is 0.292. The molecular weight excluding hydrogens is 422 g/mol. The molecule has 0 bridgehead atoms. The summed E-state index contributed by atoms with van der Waals surface area (Å²) < 4.78 is 0. The van der Waals surface area contributed by atoms with Crippen molar-refractivity contribution in [3.63, 3.8) is 0 Å². The van der Waals surface area contributed by atoms with E-state index in [2.05, 4.69) is 27.7 Å². The minimum Gasteiger partial charge on any atom is -0.336 e. The average molecular weight is 448 g/mol. The van der Waals surface area contributed by atoms with Crippen molar-refractivity contribution in [3.8, 4) is 10.6 Å². The largest absolute Gasteiger partial charge is 0.336 e. The number of anilines is 1. The molecule has 2 aliphatic heterocycles. The number of carbonyl (C=O) groups is 2. The highest BCUT2D eigenvalue weighted by atomic mass is 32.1. The number of benzene rings is 2. The molecule has 2 aliphatic rings. The van der Waals surface area contributed by atoms with E-state index in [0.29, 0.717) is 31.7 Å². The first-order valence-corrected chi connectivity index (χ1v) is 11.7.